The number of halogens is 1. The normalized spacial score (nSPS) is 12.4. The summed E-state index contributed by atoms with van der Waals surface area (Å²) >= 11 is 3.98. The topological polar surface area (TPSA) is 24.9 Å². The molecule has 1 aromatic heterocycles. The Morgan fingerprint density at radius 3 is 2.67 bits per heavy atom. The first kappa shape index (κ1) is 10.9. The summed E-state index contributed by atoms with van der Waals surface area (Å²) < 4.78 is 1.25. The molecular weight excluding hydrogens is 319 g/mol. The van der Waals surface area contributed by atoms with Crippen molar-refractivity contribution in [2.45, 2.75) is 13.0 Å². The summed E-state index contributed by atoms with van der Waals surface area (Å²) in [4.78, 5) is 4.28. The fraction of sp³-hybridized carbons (Fsp3) is 0.182. The van der Waals surface area contributed by atoms with E-state index < -0.39 is 0 Å². The highest BCUT2D eigenvalue weighted by molar-refractivity contribution is 14.1. The van der Waals surface area contributed by atoms with Crippen LogP contribution in [0.25, 0.3) is 0 Å². The van der Waals surface area contributed by atoms with Crippen molar-refractivity contribution in [2.24, 2.45) is 0 Å². The monoisotopic (exact) mass is 330 g/mol. The molecule has 0 spiro atoms. The number of thiazole rings is 1. The molecule has 0 aliphatic carbocycles. The summed E-state index contributed by atoms with van der Waals surface area (Å²) in [5, 5.41) is 6.54. The van der Waals surface area contributed by atoms with Crippen molar-refractivity contribution in [3.8, 4) is 0 Å². The van der Waals surface area contributed by atoms with E-state index in [1.165, 1.54) is 3.57 Å². The Hall–Kier alpha value is -0.620. The van der Waals surface area contributed by atoms with Gasteiger partial charge in [-0.05, 0) is 53.8 Å². The Morgan fingerprint density at radius 2 is 2.07 bits per heavy atom. The van der Waals surface area contributed by atoms with E-state index in [1.807, 2.05) is 11.6 Å². The molecule has 0 radical (unpaired) electrons. The quantitative estimate of drug-likeness (QED) is 0.863. The highest BCUT2D eigenvalue weighted by atomic mass is 127. The van der Waals surface area contributed by atoms with Crippen LogP contribution in [-0.4, -0.2) is 4.98 Å². The molecule has 0 saturated heterocycles. The molecule has 0 aliphatic rings. The Labute approximate surface area is 107 Å². The predicted octanol–water partition coefficient (Wildman–Crippen LogP) is 3.92. The Kier molecular flexibility index (Phi) is 3.58. The molecule has 1 aromatic carbocycles. The number of rotatable bonds is 3. The van der Waals surface area contributed by atoms with Crippen LogP contribution in [0.2, 0.25) is 0 Å². The molecule has 0 saturated carbocycles. The molecule has 1 N–H and O–H groups in total. The zero-order valence-electron chi connectivity index (χ0n) is 8.27. The first-order chi connectivity index (χ1) is 7.25. The molecule has 0 aliphatic heterocycles. The zero-order valence-corrected chi connectivity index (χ0v) is 11.2. The lowest BCUT2D eigenvalue weighted by atomic mass is 10.3. The predicted molar refractivity (Wildman–Crippen MR) is 73.3 cm³/mol. The van der Waals surface area contributed by atoms with Crippen LogP contribution in [0.1, 0.15) is 18.0 Å². The number of hydrogen-bond donors (Lipinski definition) is 1. The van der Waals surface area contributed by atoms with Crippen molar-refractivity contribution in [1.29, 1.82) is 0 Å². The Balaban J connectivity index is 2.06. The summed E-state index contributed by atoms with van der Waals surface area (Å²) in [6, 6.07) is 8.64. The lowest BCUT2D eigenvalue weighted by Crippen LogP contribution is -2.05. The fourth-order valence-corrected chi connectivity index (χ4v) is 2.31. The molecule has 1 heterocycles. The maximum absolute atomic E-state index is 4.28. The molecule has 2 rings (SSSR count). The van der Waals surface area contributed by atoms with Crippen molar-refractivity contribution in [1.82, 2.24) is 4.98 Å². The lowest BCUT2D eigenvalue weighted by Gasteiger charge is -2.12. The first-order valence-electron chi connectivity index (χ1n) is 4.67. The van der Waals surface area contributed by atoms with Crippen molar-refractivity contribution in [3.05, 3.63) is 44.4 Å². The molecule has 0 fully saturated rings. The Bertz CT molecular complexity index is 411. The van der Waals surface area contributed by atoms with Crippen molar-refractivity contribution < 1.29 is 0 Å². The van der Waals surface area contributed by atoms with Crippen LogP contribution < -0.4 is 5.32 Å². The first-order valence-corrected chi connectivity index (χ1v) is 6.63. The summed E-state index contributed by atoms with van der Waals surface area (Å²) in [7, 11) is 0. The van der Waals surface area contributed by atoms with Gasteiger partial charge in [-0.3, -0.25) is 0 Å². The van der Waals surface area contributed by atoms with E-state index in [0.29, 0.717) is 0 Å². The summed E-state index contributed by atoms with van der Waals surface area (Å²) in [5.41, 5.74) is 1.14. The van der Waals surface area contributed by atoms with Gasteiger partial charge in [0.2, 0.25) is 0 Å². The third kappa shape index (κ3) is 2.92. The highest BCUT2D eigenvalue weighted by Crippen LogP contribution is 2.21. The molecule has 15 heavy (non-hydrogen) atoms. The SMILES string of the molecule is CC(Nc1ccc(I)cc1)c1nccs1. The molecule has 1 atom stereocenters. The average Bonchev–Trinajstić information content (AvgIpc) is 2.74. The van der Waals surface area contributed by atoms with Crippen LogP contribution in [-0.2, 0) is 0 Å². The van der Waals surface area contributed by atoms with Gasteiger partial charge < -0.3 is 5.32 Å². The molecule has 0 bridgehead atoms. The molecule has 4 heteroatoms. The van der Waals surface area contributed by atoms with Crippen LogP contribution in [0.15, 0.2) is 35.8 Å². The van der Waals surface area contributed by atoms with Gasteiger partial charge in [0.25, 0.3) is 0 Å². The third-order valence-electron chi connectivity index (χ3n) is 2.05. The van der Waals surface area contributed by atoms with E-state index in [-0.39, 0.29) is 6.04 Å². The maximum atomic E-state index is 4.28. The second kappa shape index (κ2) is 4.94. The summed E-state index contributed by atoms with van der Waals surface area (Å²) in [6.45, 7) is 2.12. The molecular formula is C11H11IN2S. The van der Waals surface area contributed by atoms with Crippen LogP contribution in [0, 0.1) is 3.57 Å². The lowest BCUT2D eigenvalue weighted by molar-refractivity contribution is 0.870. The molecule has 2 aromatic rings. The van der Waals surface area contributed by atoms with Crippen LogP contribution in [0.3, 0.4) is 0 Å². The highest BCUT2D eigenvalue weighted by Gasteiger charge is 2.06. The number of nitrogens with zero attached hydrogens (tertiary/aromatic N) is 1. The number of hydrogen-bond acceptors (Lipinski definition) is 3. The minimum Gasteiger partial charge on any atom is -0.376 e. The van der Waals surface area contributed by atoms with Crippen LogP contribution >= 0.6 is 33.9 Å². The van der Waals surface area contributed by atoms with Gasteiger partial charge in [-0.15, -0.1) is 11.3 Å². The minimum absolute atomic E-state index is 0.269. The van der Waals surface area contributed by atoms with E-state index in [4.69, 9.17) is 0 Å². The Morgan fingerprint density at radius 1 is 1.33 bits per heavy atom. The smallest absolute Gasteiger partial charge is 0.115 e. The summed E-state index contributed by atoms with van der Waals surface area (Å²) in [6.07, 6.45) is 1.84. The number of benzene rings is 1. The third-order valence-corrected chi connectivity index (χ3v) is 3.73. The van der Waals surface area contributed by atoms with E-state index >= 15 is 0 Å². The van der Waals surface area contributed by atoms with Gasteiger partial charge in [-0.1, -0.05) is 0 Å². The van der Waals surface area contributed by atoms with E-state index in [9.17, 15) is 0 Å². The maximum Gasteiger partial charge on any atom is 0.115 e. The summed E-state index contributed by atoms with van der Waals surface area (Å²) in [5.74, 6) is 0. The van der Waals surface area contributed by atoms with E-state index in [2.05, 4.69) is 64.1 Å². The zero-order chi connectivity index (χ0) is 10.7. The van der Waals surface area contributed by atoms with Gasteiger partial charge in [-0.2, -0.15) is 0 Å². The van der Waals surface area contributed by atoms with Crippen LogP contribution in [0.5, 0.6) is 0 Å². The van der Waals surface area contributed by atoms with Crippen molar-refractivity contribution >= 4 is 39.6 Å². The second-order valence-electron chi connectivity index (χ2n) is 3.24. The van der Waals surface area contributed by atoms with E-state index in [0.717, 1.165) is 10.7 Å². The van der Waals surface area contributed by atoms with Gasteiger partial charge in [0, 0.05) is 20.8 Å². The van der Waals surface area contributed by atoms with Gasteiger partial charge in [0.1, 0.15) is 5.01 Å². The molecule has 1 unspecified atom stereocenters. The molecule has 0 amide bonds. The standard InChI is InChI=1S/C11H11IN2S/c1-8(11-13-6-7-15-11)14-10-4-2-9(12)3-5-10/h2-8,14H,1H3. The second-order valence-corrected chi connectivity index (χ2v) is 5.42. The van der Waals surface area contributed by atoms with E-state index in [1.54, 1.807) is 11.3 Å². The molecule has 78 valence electrons. The van der Waals surface area contributed by atoms with Crippen molar-refractivity contribution in [3.63, 3.8) is 0 Å². The van der Waals surface area contributed by atoms with Crippen molar-refractivity contribution in [2.75, 3.05) is 5.32 Å². The van der Waals surface area contributed by atoms with Gasteiger partial charge >= 0.3 is 0 Å². The average molecular weight is 330 g/mol. The molecule has 2 nitrogen and oxygen atoms in total. The number of nitrogens with one attached hydrogen (secondary N) is 1. The number of aromatic nitrogens is 1. The van der Waals surface area contributed by atoms with Gasteiger partial charge in [0.15, 0.2) is 0 Å². The minimum atomic E-state index is 0.269. The number of anilines is 1. The van der Waals surface area contributed by atoms with Gasteiger partial charge in [-0.25, -0.2) is 4.98 Å². The van der Waals surface area contributed by atoms with Crippen LogP contribution in [0.4, 0.5) is 5.69 Å². The fourth-order valence-electron chi connectivity index (χ4n) is 1.31. The largest absolute Gasteiger partial charge is 0.376 e. The van der Waals surface area contributed by atoms with Gasteiger partial charge in [0.05, 0.1) is 6.04 Å².